The van der Waals surface area contributed by atoms with Crippen LogP contribution >= 0.6 is 11.8 Å². The second kappa shape index (κ2) is 7.48. The van der Waals surface area contributed by atoms with Crippen molar-refractivity contribution in [2.24, 2.45) is 0 Å². The van der Waals surface area contributed by atoms with Crippen LogP contribution in [0.15, 0.2) is 24.3 Å². The van der Waals surface area contributed by atoms with Crippen molar-refractivity contribution >= 4 is 40.5 Å². The van der Waals surface area contributed by atoms with Crippen molar-refractivity contribution in [3.63, 3.8) is 0 Å². The number of carboxylic acids is 1. The molecule has 0 aliphatic carbocycles. The van der Waals surface area contributed by atoms with Crippen LogP contribution in [-0.2, 0) is 15.3 Å². The maximum Gasteiger partial charge on any atom is 0.413 e. The number of ether oxygens (including phenoxy) is 1. The predicted octanol–water partition coefficient (Wildman–Crippen LogP) is 3.29. The number of amides is 1. The Kier molecular flexibility index (Phi) is 5.61. The number of hydrogen-bond donors (Lipinski definition) is 2. The molecule has 128 valence electrons. The summed E-state index contributed by atoms with van der Waals surface area (Å²) < 4.78 is 5.25. The molecule has 0 saturated carbocycles. The van der Waals surface area contributed by atoms with Crippen molar-refractivity contribution in [1.29, 1.82) is 0 Å². The van der Waals surface area contributed by atoms with Gasteiger partial charge in [0, 0.05) is 5.39 Å². The van der Waals surface area contributed by atoms with Crippen molar-refractivity contribution < 1.29 is 19.4 Å². The monoisotopic (exact) mass is 349 g/mol. The first kappa shape index (κ1) is 18.0. The van der Waals surface area contributed by atoms with E-state index in [9.17, 15) is 9.59 Å². The second-order valence-corrected chi connectivity index (χ2v) is 7.00. The standard InChI is InChI=1S/C16H19N3O4S/c1-16(2,3)23-15(22)19-14-10-6-4-5-7-11(10)17-12(18-14)8-24-9-13(20)21/h4-7H,8-9H2,1-3H3,(H,20,21)(H,17,18,19,22). The van der Waals surface area contributed by atoms with Gasteiger partial charge in [-0.15, -0.1) is 11.8 Å². The number of carbonyl (C=O) groups is 2. The first-order chi connectivity index (χ1) is 11.2. The van der Waals surface area contributed by atoms with Gasteiger partial charge in [-0.1, -0.05) is 12.1 Å². The predicted molar refractivity (Wildman–Crippen MR) is 93.2 cm³/mol. The van der Waals surface area contributed by atoms with Gasteiger partial charge in [-0.3, -0.25) is 10.1 Å². The van der Waals surface area contributed by atoms with Gasteiger partial charge in [0.05, 0.1) is 17.0 Å². The van der Waals surface area contributed by atoms with E-state index < -0.39 is 17.7 Å². The molecule has 0 spiro atoms. The average molecular weight is 349 g/mol. The fourth-order valence-corrected chi connectivity index (χ4v) is 2.50. The minimum Gasteiger partial charge on any atom is -0.481 e. The Morgan fingerprint density at radius 2 is 1.96 bits per heavy atom. The summed E-state index contributed by atoms with van der Waals surface area (Å²) in [5.41, 5.74) is 0.0528. The Labute approximate surface area is 143 Å². The highest BCUT2D eigenvalue weighted by Crippen LogP contribution is 2.22. The largest absolute Gasteiger partial charge is 0.481 e. The van der Waals surface area contributed by atoms with Crippen LogP contribution in [0, 0.1) is 0 Å². The molecule has 2 rings (SSSR count). The molecule has 1 aromatic heterocycles. The molecule has 1 aromatic carbocycles. The molecule has 0 bridgehead atoms. The lowest BCUT2D eigenvalue weighted by Crippen LogP contribution is -2.27. The van der Waals surface area contributed by atoms with E-state index in [0.717, 1.165) is 0 Å². The van der Waals surface area contributed by atoms with E-state index in [-0.39, 0.29) is 5.75 Å². The SMILES string of the molecule is CC(C)(C)OC(=O)Nc1nc(CSCC(=O)O)nc2ccccc12. The number of nitrogens with one attached hydrogen (secondary N) is 1. The summed E-state index contributed by atoms with van der Waals surface area (Å²) in [6, 6.07) is 7.27. The quantitative estimate of drug-likeness (QED) is 0.854. The molecule has 7 nitrogen and oxygen atoms in total. The lowest BCUT2D eigenvalue weighted by molar-refractivity contribution is -0.133. The van der Waals surface area contributed by atoms with Crippen molar-refractivity contribution in [3.05, 3.63) is 30.1 Å². The third kappa shape index (κ3) is 5.38. The number of thioether (sulfide) groups is 1. The molecule has 0 fully saturated rings. The molecule has 1 heterocycles. The van der Waals surface area contributed by atoms with E-state index in [0.29, 0.717) is 28.3 Å². The third-order valence-electron chi connectivity index (χ3n) is 2.73. The Morgan fingerprint density at radius 3 is 2.62 bits per heavy atom. The summed E-state index contributed by atoms with van der Waals surface area (Å²) in [5, 5.41) is 12.0. The molecule has 0 saturated heterocycles. The van der Waals surface area contributed by atoms with Crippen LogP contribution in [0.2, 0.25) is 0 Å². The fourth-order valence-electron chi connectivity index (χ4n) is 1.91. The first-order valence-electron chi connectivity index (χ1n) is 7.30. The van der Waals surface area contributed by atoms with E-state index in [1.807, 2.05) is 18.2 Å². The number of aromatic nitrogens is 2. The number of nitrogens with zero attached hydrogens (tertiary/aromatic N) is 2. The zero-order valence-electron chi connectivity index (χ0n) is 13.7. The van der Waals surface area contributed by atoms with Crippen molar-refractivity contribution in [2.75, 3.05) is 11.1 Å². The van der Waals surface area contributed by atoms with Gasteiger partial charge < -0.3 is 9.84 Å². The maximum atomic E-state index is 12.0. The van der Waals surface area contributed by atoms with Gasteiger partial charge in [0.1, 0.15) is 17.2 Å². The van der Waals surface area contributed by atoms with Crippen LogP contribution in [0.25, 0.3) is 10.9 Å². The average Bonchev–Trinajstić information content (AvgIpc) is 2.45. The topological polar surface area (TPSA) is 101 Å². The molecule has 1 amide bonds. The molecule has 2 N–H and O–H groups in total. The van der Waals surface area contributed by atoms with Crippen molar-refractivity contribution in [1.82, 2.24) is 9.97 Å². The van der Waals surface area contributed by atoms with E-state index in [4.69, 9.17) is 9.84 Å². The third-order valence-corrected chi connectivity index (χ3v) is 3.64. The lowest BCUT2D eigenvalue weighted by atomic mass is 10.2. The first-order valence-corrected chi connectivity index (χ1v) is 8.45. The second-order valence-electron chi connectivity index (χ2n) is 6.02. The summed E-state index contributed by atoms with van der Waals surface area (Å²) in [6.07, 6.45) is -0.601. The zero-order chi connectivity index (χ0) is 17.7. The summed E-state index contributed by atoms with van der Waals surface area (Å²) in [4.78, 5) is 31.4. The molecule has 24 heavy (non-hydrogen) atoms. The molecule has 0 radical (unpaired) electrons. The number of rotatable bonds is 5. The number of para-hydroxylation sites is 1. The van der Waals surface area contributed by atoms with E-state index in [2.05, 4.69) is 15.3 Å². The van der Waals surface area contributed by atoms with Gasteiger partial charge >= 0.3 is 12.1 Å². The summed E-state index contributed by atoms with van der Waals surface area (Å²) in [5.74, 6) is 0.199. The Balaban J connectivity index is 2.25. The van der Waals surface area contributed by atoms with Gasteiger partial charge in [-0.25, -0.2) is 14.8 Å². The Morgan fingerprint density at radius 1 is 1.25 bits per heavy atom. The summed E-state index contributed by atoms with van der Waals surface area (Å²) >= 11 is 1.19. The van der Waals surface area contributed by atoms with Gasteiger partial charge in [-0.05, 0) is 32.9 Å². The van der Waals surface area contributed by atoms with Crippen LogP contribution in [0.3, 0.4) is 0 Å². The van der Waals surface area contributed by atoms with Gasteiger partial charge in [0.15, 0.2) is 0 Å². The highest BCUT2D eigenvalue weighted by Gasteiger charge is 2.18. The Bertz CT molecular complexity index is 759. The number of anilines is 1. The number of carbonyl (C=O) groups excluding carboxylic acids is 1. The molecule has 2 aromatic rings. The highest BCUT2D eigenvalue weighted by molar-refractivity contribution is 7.99. The number of carboxylic acid groups (broad SMARTS) is 1. The highest BCUT2D eigenvalue weighted by atomic mass is 32.2. The summed E-state index contributed by atoms with van der Waals surface area (Å²) in [6.45, 7) is 5.33. The fraction of sp³-hybridized carbons (Fsp3) is 0.375. The molecule has 8 heteroatoms. The van der Waals surface area contributed by atoms with Gasteiger partial charge in [0.25, 0.3) is 0 Å². The molecule has 0 unspecified atom stereocenters. The van der Waals surface area contributed by atoms with Crippen LogP contribution in [0.1, 0.15) is 26.6 Å². The van der Waals surface area contributed by atoms with Crippen molar-refractivity contribution in [2.45, 2.75) is 32.1 Å². The molecular formula is C16H19N3O4S. The number of benzene rings is 1. The minimum absolute atomic E-state index is 0.0367. The van der Waals surface area contributed by atoms with Gasteiger partial charge in [-0.2, -0.15) is 0 Å². The van der Waals surface area contributed by atoms with Crippen LogP contribution < -0.4 is 5.32 Å². The van der Waals surface area contributed by atoms with Crippen molar-refractivity contribution in [3.8, 4) is 0 Å². The lowest BCUT2D eigenvalue weighted by Gasteiger charge is -2.20. The zero-order valence-corrected chi connectivity index (χ0v) is 14.5. The maximum absolute atomic E-state index is 12.0. The van der Waals surface area contributed by atoms with E-state index in [1.165, 1.54) is 11.8 Å². The molecular weight excluding hydrogens is 330 g/mol. The molecule has 0 aliphatic heterocycles. The van der Waals surface area contributed by atoms with Crippen LogP contribution in [0.4, 0.5) is 10.6 Å². The Hall–Kier alpha value is -2.35. The minimum atomic E-state index is -0.895. The number of hydrogen-bond acceptors (Lipinski definition) is 6. The molecule has 0 aliphatic rings. The summed E-state index contributed by atoms with van der Waals surface area (Å²) in [7, 11) is 0. The van der Waals surface area contributed by atoms with Crippen LogP contribution in [0.5, 0.6) is 0 Å². The van der Waals surface area contributed by atoms with E-state index >= 15 is 0 Å². The smallest absolute Gasteiger partial charge is 0.413 e. The normalized spacial score (nSPS) is 11.3. The number of fused-ring (bicyclic) bond motifs is 1. The van der Waals surface area contributed by atoms with E-state index in [1.54, 1.807) is 26.8 Å². The van der Waals surface area contributed by atoms with Gasteiger partial charge in [0.2, 0.25) is 0 Å². The molecule has 0 atom stereocenters. The van der Waals surface area contributed by atoms with Crippen LogP contribution in [-0.4, -0.2) is 38.5 Å². The number of aliphatic carboxylic acids is 1.